The average molecular weight is 222 g/mol. The zero-order valence-corrected chi connectivity index (χ0v) is 9.61. The molecule has 1 fully saturated rings. The molecular weight excluding hydrogens is 204 g/mol. The van der Waals surface area contributed by atoms with Gasteiger partial charge in [-0.25, -0.2) is 0 Å². The number of hydrogen-bond donors (Lipinski definition) is 1. The van der Waals surface area contributed by atoms with Crippen molar-refractivity contribution in [3.05, 3.63) is 24.0 Å². The lowest BCUT2D eigenvalue weighted by Gasteiger charge is -2.15. The second-order valence-electron chi connectivity index (χ2n) is 3.87. The van der Waals surface area contributed by atoms with Gasteiger partial charge in [0.05, 0.1) is 13.2 Å². The molecule has 1 aromatic rings. The lowest BCUT2D eigenvalue weighted by Crippen LogP contribution is -2.18. The van der Waals surface area contributed by atoms with Gasteiger partial charge in [-0.1, -0.05) is 6.92 Å². The van der Waals surface area contributed by atoms with Gasteiger partial charge in [0.15, 0.2) is 0 Å². The molecule has 1 unspecified atom stereocenters. The number of rotatable bonds is 5. The average Bonchev–Trinajstić information content (AvgIpc) is 2.81. The van der Waals surface area contributed by atoms with Gasteiger partial charge in [0.2, 0.25) is 0 Å². The molecule has 2 heterocycles. The van der Waals surface area contributed by atoms with Crippen LogP contribution in [0.4, 0.5) is 0 Å². The fourth-order valence-corrected chi connectivity index (χ4v) is 1.71. The predicted octanol–water partition coefficient (Wildman–Crippen LogP) is 1.36. The van der Waals surface area contributed by atoms with Crippen molar-refractivity contribution in [2.45, 2.75) is 26.0 Å². The predicted molar refractivity (Wildman–Crippen MR) is 61.5 cm³/mol. The summed E-state index contributed by atoms with van der Waals surface area (Å²) in [7, 11) is 0. The van der Waals surface area contributed by atoms with Crippen LogP contribution >= 0.6 is 0 Å². The van der Waals surface area contributed by atoms with E-state index >= 15 is 0 Å². The van der Waals surface area contributed by atoms with E-state index in [1.807, 2.05) is 12.3 Å². The SMILES string of the molecule is CCNCc1cnccc1OC1CCOC1. The van der Waals surface area contributed by atoms with Crippen LogP contribution in [0.5, 0.6) is 5.75 Å². The molecule has 4 nitrogen and oxygen atoms in total. The molecule has 1 atom stereocenters. The minimum absolute atomic E-state index is 0.197. The van der Waals surface area contributed by atoms with Gasteiger partial charge in [-0.2, -0.15) is 0 Å². The molecule has 0 radical (unpaired) electrons. The van der Waals surface area contributed by atoms with E-state index in [0.717, 1.165) is 37.4 Å². The van der Waals surface area contributed by atoms with Gasteiger partial charge in [-0.15, -0.1) is 0 Å². The van der Waals surface area contributed by atoms with Gasteiger partial charge in [0.1, 0.15) is 11.9 Å². The van der Waals surface area contributed by atoms with Crippen LogP contribution in [0.1, 0.15) is 18.9 Å². The van der Waals surface area contributed by atoms with E-state index in [9.17, 15) is 0 Å². The summed E-state index contributed by atoms with van der Waals surface area (Å²) in [5, 5.41) is 3.28. The summed E-state index contributed by atoms with van der Waals surface area (Å²) < 4.78 is 11.2. The standard InChI is InChI=1S/C12H18N2O2/c1-2-13-7-10-8-14-5-3-12(10)16-11-4-6-15-9-11/h3,5,8,11,13H,2,4,6-7,9H2,1H3. The first-order chi connectivity index (χ1) is 7.90. The highest BCUT2D eigenvalue weighted by atomic mass is 16.5. The maximum absolute atomic E-state index is 5.90. The number of nitrogens with one attached hydrogen (secondary N) is 1. The van der Waals surface area contributed by atoms with Gasteiger partial charge in [0.25, 0.3) is 0 Å². The molecule has 2 rings (SSSR count). The Balaban J connectivity index is 2.00. The van der Waals surface area contributed by atoms with Crippen molar-refractivity contribution in [3.8, 4) is 5.75 Å². The summed E-state index contributed by atoms with van der Waals surface area (Å²) in [5.74, 6) is 0.923. The topological polar surface area (TPSA) is 43.4 Å². The first-order valence-electron chi connectivity index (χ1n) is 5.78. The fourth-order valence-electron chi connectivity index (χ4n) is 1.71. The van der Waals surface area contributed by atoms with E-state index in [2.05, 4.69) is 17.2 Å². The Labute approximate surface area is 96.0 Å². The van der Waals surface area contributed by atoms with Gasteiger partial charge in [0, 0.05) is 30.9 Å². The summed E-state index contributed by atoms with van der Waals surface area (Å²) in [6, 6.07) is 1.92. The smallest absolute Gasteiger partial charge is 0.127 e. The Kier molecular flexibility index (Phi) is 4.13. The maximum atomic E-state index is 5.90. The van der Waals surface area contributed by atoms with E-state index < -0.39 is 0 Å². The third-order valence-corrected chi connectivity index (χ3v) is 2.61. The molecule has 0 aliphatic carbocycles. The maximum Gasteiger partial charge on any atom is 0.127 e. The van der Waals surface area contributed by atoms with Crippen LogP contribution in [-0.4, -0.2) is 30.8 Å². The van der Waals surface area contributed by atoms with Crippen molar-refractivity contribution < 1.29 is 9.47 Å². The first kappa shape index (κ1) is 11.4. The molecule has 16 heavy (non-hydrogen) atoms. The van der Waals surface area contributed by atoms with Crippen LogP contribution in [0.3, 0.4) is 0 Å². The molecule has 1 aliphatic heterocycles. The number of nitrogens with zero attached hydrogens (tertiary/aromatic N) is 1. The van der Waals surface area contributed by atoms with E-state index in [1.54, 1.807) is 6.20 Å². The Bertz CT molecular complexity index is 325. The third-order valence-electron chi connectivity index (χ3n) is 2.61. The van der Waals surface area contributed by atoms with Gasteiger partial charge in [-0.05, 0) is 12.6 Å². The van der Waals surface area contributed by atoms with Crippen molar-refractivity contribution in [2.24, 2.45) is 0 Å². The van der Waals surface area contributed by atoms with Crippen LogP contribution in [0.25, 0.3) is 0 Å². The molecule has 0 aromatic carbocycles. The van der Waals surface area contributed by atoms with Crippen LogP contribution in [-0.2, 0) is 11.3 Å². The van der Waals surface area contributed by atoms with E-state index in [-0.39, 0.29) is 6.10 Å². The van der Waals surface area contributed by atoms with Crippen LogP contribution in [0.2, 0.25) is 0 Å². The molecule has 1 aromatic heterocycles. The van der Waals surface area contributed by atoms with Crippen LogP contribution in [0, 0.1) is 0 Å². The summed E-state index contributed by atoms with van der Waals surface area (Å²) in [6.45, 7) is 5.33. The molecular formula is C12H18N2O2. The Morgan fingerprint density at radius 2 is 2.56 bits per heavy atom. The number of aromatic nitrogens is 1. The van der Waals surface area contributed by atoms with E-state index in [0.29, 0.717) is 6.61 Å². The normalized spacial score (nSPS) is 19.9. The molecule has 88 valence electrons. The Morgan fingerprint density at radius 3 is 3.31 bits per heavy atom. The van der Waals surface area contributed by atoms with Crippen LogP contribution < -0.4 is 10.1 Å². The molecule has 1 saturated heterocycles. The van der Waals surface area contributed by atoms with Gasteiger partial charge < -0.3 is 14.8 Å². The fraction of sp³-hybridized carbons (Fsp3) is 0.583. The molecule has 0 amide bonds. The largest absolute Gasteiger partial charge is 0.487 e. The highest BCUT2D eigenvalue weighted by Gasteiger charge is 2.18. The lowest BCUT2D eigenvalue weighted by molar-refractivity contribution is 0.140. The van der Waals surface area contributed by atoms with Gasteiger partial charge >= 0.3 is 0 Å². The molecule has 1 N–H and O–H groups in total. The second kappa shape index (κ2) is 5.82. The number of ether oxygens (including phenoxy) is 2. The molecule has 0 saturated carbocycles. The van der Waals surface area contributed by atoms with Crippen molar-refractivity contribution in [3.63, 3.8) is 0 Å². The Hall–Kier alpha value is -1.13. The molecule has 1 aliphatic rings. The molecule has 0 bridgehead atoms. The lowest BCUT2D eigenvalue weighted by atomic mass is 10.2. The van der Waals surface area contributed by atoms with Crippen molar-refractivity contribution in [2.75, 3.05) is 19.8 Å². The summed E-state index contributed by atoms with van der Waals surface area (Å²) in [4.78, 5) is 4.12. The highest BCUT2D eigenvalue weighted by molar-refractivity contribution is 5.30. The van der Waals surface area contributed by atoms with E-state index in [1.165, 1.54) is 0 Å². The summed E-state index contributed by atoms with van der Waals surface area (Å²) in [6.07, 6.45) is 4.79. The van der Waals surface area contributed by atoms with Crippen molar-refractivity contribution >= 4 is 0 Å². The monoisotopic (exact) mass is 222 g/mol. The zero-order chi connectivity index (χ0) is 11.2. The second-order valence-corrected chi connectivity index (χ2v) is 3.87. The summed E-state index contributed by atoms with van der Waals surface area (Å²) >= 11 is 0. The number of hydrogen-bond acceptors (Lipinski definition) is 4. The quantitative estimate of drug-likeness (QED) is 0.817. The minimum Gasteiger partial charge on any atom is -0.487 e. The van der Waals surface area contributed by atoms with Crippen LogP contribution in [0.15, 0.2) is 18.5 Å². The van der Waals surface area contributed by atoms with Crippen molar-refractivity contribution in [1.82, 2.24) is 10.3 Å². The molecule has 4 heteroatoms. The summed E-state index contributed by atoms with van der Waals surface area (Å²) in [5.41, 5.74) is 1.11. The highest BCUT2D eigenvalue weighted by Crippen LogP contribution is 2.20. The minimum atomic E-state index is 0.197. The molecule has 0 spiro atoms. The third kappa shape index (κ3) is 2.93. The number of pyridine rings is 1. The van der Waals surface area contributed by atoms with Crippen molar-refractivity contribution in [1.29, 1.82) is 0 Å². The first-order valence-corrected chi connectivity index (χ1v) is 5.78. The van der Waals surface area contributed by atoms with E-state index in [4.69, 9.17) is 9.47 Å². The van der Waals surface area contributed by atoms with Gasteiger partial charge in [-0.3, -0.25) is 4.98 Å². The Morgan fingerprint density at radius 1 is 1.62 bits per heavy atom. The zero-order valence-electron chi connectivity index (χ0n) is 9.61.